The van der Waals surface area contributed by atoms with Crippen molar-refractivity contribution in [1.29, 1.82) is 0 Å². The molecule has 48 heavy (non-hydrogen) atoms. The zero-order chi connectivity index (χ0) is 33.5. The first kappa shape index (κ1) is 31.7. The molecule has 1 saturated heterocycles. The quantitative estimate of drug-likeness (QED) is 0.173. The first-order valence-corrected chi connectivity index (χ1v) is 17.0. The molecule has 12 nitrogen and oxygen atoms in total. The maximum atomic E-state index is 14.2. The number of rotatable bonds is 9. The molecule has 2 atom stereocenters. The Morgan fingerprint density at radius 2 is 1.79 bits per heavy atom. The molecule has 1 aromatic carbocycles. The molecule has 2 aliphatic rings. The maximum absolute atomic E-state index is 14.2. The number of aromatic nitrogens is 5. The average Bonchev–Trinajstić information content (AvgIpc) is 3.57. The minimum atomic E-state index is -1.32. The Kier molecular flexibility index (Phi) is 8.32. The van der Waals surface area contributed by atoms with Crippen LogP contribution in [0, 0.1) is 0 Å². The Balaban J connectivity index is 1.22. The molecule has 13 heteroatoms. The number of thiazole rings is 1. The number of oxazole rings is 1. The van der Waals surface area contributed by atoms with Crippen LogP contribution in [0.2, 0.25) is 0 Å². The number of carbonyl (C=O) groups excluding carboxylic acids is 2. The Bertz CT molecular complexity index is 1910. The van der Waals surface area contributed by atoms with E-state index in [9.17, 15) is 9.59 Å². The molecule has 4 aromatic heterocycles. The van der Waals surface area contributed by atoms with Gasteiger partial charge in [-0.05, 0) is 71.1 Å². The average molecular weight is 668 g/mol. The first-order chi connectivity index (χ1) is 23.0. The normalized spacial score (nSPS) is 17.7. The lowest BCUT2D eigenvalue weighted by Crippen LogP contribution is -2.45. The van der Waals surface area contributed by atoms with Gasteiger partial charge in [0, 0.05) is 35.4 Å². The van der Waals surface area contributed by atoms with Crippen LogP contribution in [0.3, 0.4) is 0 Å². The summed E-state index contributed by atoms with van der Waals surface area (Å²) in [6.07, 6.45) is 6.71. The monoisotopic (exact) mass is 667 g/mol. The third-order valence-corrected chi connectivity index (χ3v) is 9.30. The van der Waals surface area contributed by atoms with Crippen LogP contribution in [0.15, 0.2) is 69.1 Å². The van der Waals surface area contributed by atoms with Crippen LogP contribution in [0.4, 0.5) is 4.79 Å². The summed E-state index contributed by atoms with van der Waals surface area (Å²) < 4.78 is 17.8. The van der Waals surface area contributed by atoms with Gasteiger partial charge >= 0.3 is 6.09 Å². The lowest BCUT2D eigenvalue weighted by Gasteiger charge is -2.29. The highest BCUT2D eigenvalue weighted by atomic mass is 32.1. The predicted octanol–water partition coefficient (Wildman–Crippen LogP) is 7.08. The Hall–Kier alpha value is -4.91. The molecule has 1 aliphatic carbocycles. The van der Waals surface area contributed by atoms with E-state index in [1.807, 2.05) is 56.0 Å². The molecule has 1 aliphatic heterocycles. The summed E-state index contributed by atoms with van der Waals surface area (Å²) in [7, 11) is 0. The summed E-state index contributed by atoms with van der Waals surface area (Å²) in [4.78, 5) is 42.9. The summed E-state index contributed by atoms with van der Waals surface area (Å²) in [6, 6.07) is 12.8. The highest BCUT2D eigenvalue weighted by Crippen LogP contribution is 2.43. The number of likely N-dealkylation sites (tertiary alicyclic amines) is 1. The van der Waals surface area contributed by atoms with Crippen molar-refractivity contribution < 1.29 is 23.2 Å². The molecule has 1 saturated carbocycles. The van der Waals surface area contributed by atoms with E-state index < -0.39 is 17.2 Å². The molecule has 248 valence electrons. The fourth-order valence-electron chi connectivity index (χ4n) is 5.89. The van der Waals surface area contributed by atoms with Gasteiger partial charge in [-0.25, -0.2) is 19.7 Å². The number of hydrogen-bond donors (Lipinski definition) is 1. The van der Waals surface area contributed by atoms with Crippen LogP contribution in [-0.4, -0.2) is 54.1 Å². The molecular weight excluding hydrogens is 630 g/mol. The number of amides is 2. The van der Waals surface area contributed by atoms with E-state index in [4.69, 9.17) is 23.5 Å². The number of carbonyl (C=O) groups is 2. The largest absolute Gasteiger partial charge is 0.443 e. The van der Waals surface area contributed by atoms with Crippen molar-refractivity contribution in [2.24, 2.45) is 0 Å². The fraction of sp³-hybridized carbons (Fsp3) is 0.400. The third-order valence-electron chi connectivity index (χ3n) is 8.33. The zero-order valence-corrected chi connectivity index (χ0v) is 28.1. The van der Waals surface area contributed by atoms with Crippen molar-refractivity contribution in [1.82, 2.24) is 35.4 Å². The van der Waals surface area contributed by atoms with Gasteiger partial charge in [0.05, 0.1) is 17.9 Å². The highest BCUT2D eigenvalue weighted by Gasteiger charge is 2.39. The number of hydrogen-bond acceptors (Lipinski definition) is 11. The second kappa shape index (κ2) is 12.6. The lowest BCUT2D eigenvalue weighted by atomic mass is 9.96. The Morgan fingerprint density at radius 1 is 1.02 bits per heavy atom. The summed E-state index contributed by atoms with van der Waals surface area (Å²) >= 11 is 1.63. The summed E-state index contributed by atoms with van der Waals surface area (Å²) in [6.45, 7) is 7.94. The van der Waals surface area contributed by atoms with Crippen LogP contribution in [0.5, 0.6) is 0 Å². The van der Waals surface area contributed by atoms with Crippen molar-refractivity contribution in [2.45, 2.75) is 82.9 Å². The Labute approximate surface area is 282 Å². The second-order valence-corrected chi connectivity index (χ2v) is 14.5. The predicted molar refractivity (Wildman–Crippen MR) is 177 cm³/mol. The number of nitrogens with one attached hydrogen (secondary N) is 1. The van der Waals surface area contributed by atoms with E-state index in [0.29, 0.717) is 23.7 Å². The van der Waals surface area contributed by atoms with Crippen molar-refractivity contribution in [3.05, 3.63) is 88.0 Å². The van der Waals surface area contributed by atoms with Gasteiger partial charge in [-0.15, -0.1) is 21.5 Å². The van der Waals surface area contributed by atoms with Gasteiger partial charge in [-0.3, -0.25) is 4.79 Å². The van der Waals surface area contributed by atoms with Crippen LogP contribution < -0.4 is 5.32 Å². The summed E-state index contributed by atoms with van der Waals surface area (Å²) in [5, 5.41) is 14.6. The van der Waals surface area contributed by atoms with Crippen LogP contribution in [0.1, 0.15) is 97.9 Å². The van der Waals surface area contributed by atoms with Gasteiger partial charge in [0.15, 0.2) is 5.60 Å². The number of benzene rings is 1. The third kappa shape index (κ3) is 6.86. The number of ether oxygens (including phenoxy) is 1. The molecule has 2 amide bonds. The number of nitrogens with zero attached hydrogens (tertiary/aromatic N) is 6. The van der Waals surface area contributed by atoms with E-state index in [1.54, 1.807) is 30.4 Å². The molecule has 1 N–H and O–H groups in total. The van der Waals surface area contributed by atoms with Crippen LogP contribution in [0.25, 0.3) is 23.2 Å². The number of pyridine rings is 1. The zero-order valence-electron chi connectivity index (χ0n) is 27.3. The van der Waals surface area contributed by atoms with Crippen LogP contribution in [-0.2, 0) is 16.8 Å². The molecule has 0 spiro atoms. The van der Waals surface area contributed by atoms with Gasteiger partial charge in [-0.1, -0.05) is 30.3 Å². The molecule has 0 bridgehead atoms. The van der Waals surface area contributed by atoms with E-state index >= 15 is 0 Å². The van der Waals surface area contributed by atoms with Crippen molar-refractivity contribution in [3.63, 3.8) is 0 Å². The van der Waals surface area contributed by atoms with Crippen molar-refractivity contribution >= 4 is 23.3 Å². The van der Waals surface area contributed by atoms with Gasteiger partial charge in [0.25, 0.3) is 17.7 Å². The van der Waals surface area contributed by atoms with Crippen molar-refractivity contribution in [2.75, 3.05) is 6.54 Å². The van der Waals surface area contributed by atoms with Crippen molar-refractivity contribution in [3.8, 4) is 23.2 Å². The highest BCUT2D eigenvalue weighted by molar-refractivity contribution is 7.09. The molecule has 2 fully saturated rings. The molecule has 5 aromatic rings. The van der Waals surface area contributed by atoms with E-state index in [2.05, 4.69) is 25.9 Å². The smallest absolute Gasteiger partial charge is 0.408 e. The van der Waals surface area contributed by atoms with E-state index in [0.717, 1.165) is 29.1 Å². The minimum Gasteiger partial charge on any atom is -0.443 e. The van der Waals surface area contributed by atoms with Gasteiger partial charge in [0.2, 0.25) is 5.89 Å². The second-order valence-electron chi connectivity index (χ2n) is 13.6. The number of alkyl carbamates (subject to hydrolysis) is 1. The lowest BCUT2D eigenvalue weighted by molar-refractivity contribution is -0.00123. The SMILES string of the molecule is CC(C)(C)NC(=O)O[C@](C)(Cc1ccccc1)c1nnc(-c2cc(C(=O)N3CCC[C@@H]3c3nc(C4CC4)cs3)cc(-c3ncco3)n2)o1. The van der Waals surface area contributed by atoms with Crippen LogP contribution >= 0.6 is 11.3 Å². The topological polar surface area (TPSA) is 149 Å². The first-order valence-electron chi connectivity index (χ1n) is 16.1. The Morgan fingerprint density at radius 3 is 2.50 bits per heavy atom. The molecule has 5 heterocycles. The van der Waals surface area contributed by atoms with E-state index in [1.165, 1.54) is 25.3 Å². The van der Waals surface area contributed by atoms with E-state index in [-0.39, 0.29) is 41.7 Å². The molecule has 7 rings (SSSR count). The van der Waals surface area contributed by atoms with Gasteiger partial charge < -0.3 is 23.8 Å². The molecule has 0 radical (unpaired) electrons. The molecule has 0 unspecified atom stereocenters. The standard InChI is InChI=1S/C35H37N7O5S/c1-34(2,3)39-33(44)47-35(4,19-21-9-6-5-7-10-21)32-41-40-29(46-32)25-18-23(17-24(37-25)28-36-14-16-45-28)31(43)42-15-8-11-27(42)30-38-26(20-48-30)22-12-13-22/h5-7,9-10,14,16-18,20,22,27H,8,11-13,15,19H2,1-4H3,(H,39,44)/t27-,35-/m1/s1. The maximum Gasteiger partial charge on any atom is 0.408 e. The fourth-order valence-corrected chi connectivity index (χ4v) is 6.94. The van der Waals surface area contributed by atoms with Gasteiger partial charge in [0.1, 0.15) is 22.7 Å². The summed E-state index contributed by atoms with van der Waals surface area (Å²) in [5.74, 6) is 0.774. The van der Waals surface area contributed by atoms with Gasteiger partial charge in [-0.2, -0.15) is 0 Å². The minimum absolute atomic E-state index is 0.0542. The molecular formula is C35H37N7O5S. The summed E-state index contributed by atoms with van der Waals surface area (Å²) in [5.41, 5.74) is 1.18.